The summed E-state index contributed by atoms with van der Waals surface area (Å²) < 4.78 is 15.5. The lowest BCUT2D eigenvalue weighted by Gasteiger charge is -2.16. The highest BCUT2D eigenvalue weighted by Crippen LogP contribution is 2.24. The van der Waals surface area contributed by atoms with E-state index in [9.17, 15) is 4.39 Å². The zero-order chi connectivity index (χ0) is 16.4. The number of benzene rings is 2. The predicted octanol–water partition coefficient (Wildman–Crippen LogP) is 4.69. The van der Waals surface area contributed by atoms with Gasteiger partial charge in [0.2, 0.25) is 0 Å². The van der Waals surface area contributed by atoms with Gasteiger partial charge in [0.05, 0.1) is 0 Å². The average Bonchev–Trinajstić information content (AvgIpc) is 3.20. The molecular weight excluding hydrogens is 299 g/mol. The van der Waals surface area contributed by atoms with Gasteiger partial charge in [0.25, 0.3) is 0 Å². The molecule has 124 valence electrons. The van der Waals surface area contributed by atoms with E-state index in [1.165, 1.54) is 31.5 Å². The minimum Gasteiger partial charge on any atom is -0.347 e. The Labute approximate surface area is 142 Å². The van der Waals surface area contributed by atoms with E-state index in [0.29, 0.717) is 0 Å². The third kappa shape index (κ3) is 3.36. The van der Waals surface area contributed by atoms with E-state index in [1.807, 2.05) is 12.1 Å². The van der Waals surface area contributed by atoms with Crippen LogP contribution >= 0.6 is 0 Å². The monoisotopic (exact) mass is 322 g/mol. The Morgan fingerprint density at radius 2 is 1.92 bits per heavy atom. The van der Waals surface area contributed by atoms with Crippen molar-refractivity contribution in [3.05, 3.63) is 72.2 Å². The molecule has 0 amide bonds. The van der Waals surface area contributed by atoms with Gasteiger partial charge in [0.15, 0.2) is 0 Å². The van der Waals surface area contributed by atoms with Crippen LogP contribution in [0.1, 0.15) is 18.4 Å². The third-order valence-corrected chi connectivity index (χ3v) is 5.13. The van der Waals surface area contributed by atoms with Crippen LogP contribution < -0.4 is 0 Å². The summed E-state index contributed by atoms with van der Waals surface area (Å²) in [4.78, 5) is 2.56. The Kier molecular flexibility index (Phi) is 4.35. The van der Waals surface area contributed by atoms with Crippen molar-refractivity contribution in [1.29, 1.82) is 0 Å². The lowest BCUT2D eigenvalue weighted by molar-refractivity contribution is 0.311. The van der Waals surface area contributed by atoms with Crippen LogP contribution in [0.5, 0.6) is 0 Å². The number of hydrogen-bond donors (Lipinski definition) is 0. The highest BCUT2D eigenvalue weighted by molar-refractivity contribution is 5.80. The summed E-state index contributed by atoms with van der Waals surface area (Å²) in [5, 5.41) is 0.993. The lowest BCUT2D eigenvalue weighted by atomic mass is 10.1. The predicted molar refractivity (Wildman–Crippen MR) is 96.3 cm³/mol. The topological polar surface area (TPSA) is 8.17 Å². The summed E-state index contributed by atoms with van der Waals surface area (Å²) >= 11 is 0. The van der Waals surface area contributed by atoms with Gasteiger partial charge in [-0.3, -0.25) is 4.90 Å². The van der Waals surface area contributed by atoms with Crippen molar-refractivity contribution in [2.75, 3.05) is 13.1 Å². The quantitative estimate of drug-likeness (QED) is 0.661. The molecule has 1 saturated heterocycles. The highest BCUT2D eigenvalue weighted by atomic mass is 19.1. The van der Waals surface area contributed by atoms with Crippen LogP contribution in [0.15, 0.2) is 60.8 Å². The molecule has 1 atom stereocenters. The van der Waals surface area contributed by atoms with Crippen LogP contribution in [0, 0.1) is 11.7 Å². The number of hydrogen-bond acceptors (Lipinski definition) is 1. The number of halogens is 1. The summed E-state index contributed by atoms with van der Waals surface area (Å²) in [5.74, 6) is 0.596. The first-order chi connectivity index (χ1) is 11.8. The molecule has 3 heteroatoms. The molecule has 0 aliphatic carbocycles. The van der Waals surface area contributed by atoms with Gasteiger partial charge < -0.3 is 4.57 Å². The Balaban J connectivity index is 1.33. The van der Waals surface area contributed by atoms with Gasteiger partial charge in [0, 0.05) is 36.7 Å². The molecule has 1 fully saturated rings. The first-order valence-electron chi connectivity index (χ1n) is 8.78. The Morgan fingerprint density at radius 1 is 1.04 bits per heavy atom. The fraction of sp³-hybridized carbons (Fsp3) is 0.333. The first-order valence-corrected chi connectivity index (χ1v) is 8.78. The van der Waals surface area contributed by atoms with E-state index in [0.717, 1.165) is 29.9 Å². The van der Waals surface area contributed by atoms with E-state index >= 15 is 0 Å². The SMILES string of the molecule is Fc1ccc2c(ccn2CCC2CCN(Cc3ccccc3)C2)c1. The maximum atomic E-state index is 13.3. The molecule has 1 aliphatic rings. The summed E-state index contributed by atoms with van der Waals surface area (Å²) in [7, 11) is 0. The number of aromatic nitrogens is 1. The fourth-order valence-corrected chi connectivity index (χ4v) is 3.82. The second kappa shape index (κ2) is 6.78. The van der Waals surface area contributed by atoms with Crippen molar-refractivity contribution in [3.8, 4) is 0 Å². The first kappa shape index (κ1) is 15.4. The molecular formula is C21H23FN2. The molecule has 2 nitrogen and oxygen atoms in total. The number of rotatable bonds is 5. The van der Waals surface area contributed by atoms with E-state index < -0.39 is 0 Å². The Morgan fingerprint density at radius 3 is 2.79 bits per heavy atom. The second-order valence-electron chi connectivity index (χ2n) is 6.88. The van der Waals surface area contributed by atoms with Crippen LogP contribution in [-0.2, 0) is 13.1 Å². The molecule has 1 aliphatic heterocycles. The Hall–Kier alpha value is -2.13. The van der Waals surface area contributed by atoms with Crippen molar-refractivity contribution in [2.24, 2.45) is 5.92 Å². The van der Waals surface area contributed by atoms with Gasteiger partial charge in [-0.05, 0) is 55.1 Å². The van der Waals surface area contributed by atoms with E-state index in [1.54, 1.807) is 12.1 Å². The van der Waals surface area contributed by atoms with Crippen LogP contribution in [-0.4, -0.2) is 22.6 Å². The van der Waals surface area contributed by atoms with Crippen molar-refractivity contribution < 1.29 is 4.39 Å². The van der Waals surface area contributed by atoms with Gasteiger partial charge in [0.1, 0.15) is 5.82 Å². The number of likely N-dealkylation sites (tertiary alicyclic amines) is 1. The molecule has 0 saturated carbocycles. The smallest absolute Gasteiger partial charge is 0.123 e. The molecule has 0 spiro atoms. The van der Waals surface area contributed by atoms with Crippen molar-refractivity contribution in [1.82, 2.24) is 9.47 Å². The molecule has 4 rings (SSSR count). The second-order valence-corrected chi connectivity index (χ2v) is 6.88. The summed E-state index contributed by atoms with van der Waals surface area (Å²) in [6, 6.07) is 17.8. The molecule has 1 aromatic heterocycles. The Bertz CT molecular complexity index is 809. The van der Waals surface area contributed by atoms with Gasteiger partial charge in [-0.25, -0.2) is 4.39 Å². The largest absolute Gasteiger partial charge is 0.347 e. The molecule has 0 bridgehead atoms. The normalized spacial score (nSPS) is 18.5. The zero-order valence-electron chi connectivity index (χ0n) is 13.9. The molecule has 0 radical (unpaired) electrons. The minimum absolute atomic E-state index is 0.160. The van der Waals surface area contributed by atoms with E-state index in [2.05, 4.69) is 46.0 Å². The van der Waals surface area contributed by atoms with Crippen molar-refractivity contribution >= 4 is 10.9 Å². The van der Waals surface area contributed by atoms with Gasteiger partial charge in [-0.2, -0.15) is 0 Å². The van der Waals surface area contributed by atoms with Gasteiger partial charge >= 0.3 is 0 Å². The van der Waals surface area contributed by atoms with Crippen molar-refractivity contribution in [2.45, 2.75) is 25.9 Å². The van der Waals surface area contributed by atoms with Crippen LogP contribution in [0.25, 0.3) is 10.9 Å². The van der Waals surface area contributed by atoms with Gasteiger partial charge in [-0.1, -0.05) is 30.3 Å². The summed E-state index contributed by atoms with van der Waals surface area (Å²) in [6.07, 6.45) is 4.55. The molecule has 2 aromatic carbocycles. The standard InChI is InChI=1S/C21H23FN2/c22-20-6-7-21-19(14-20)10-13-24(21)12-9-18-8-11-23(16-18)15-17-4-2-1-3-5-17/h1-7,10,13-14,18H,8-9,11-12,15-16H2. The van der Waals surface area contributed by atoms with Crippen LogP contribution in [0.4, 0.5) is 4.39 Å². The van der Waals surface area contributed by atoms with Gasteiger partial charge in [-0.15, -0.1) is 0 Å². The number of nitrogens with zero attached hydrogens (tertiary/aromatic N) is 2. The third-order valence-electron chi connectivity index (χ3n) is 5.13. The van der Waals surface area contributed by atoms with Crippen LogP contribution in [0.2, 0.25) is 0 Å². The molecule has 1 unspecified atom stereocenters. The fourth-order valence-electron chi connectivity index (χ4n) is 3.82. The summed E-state index contributed by atoms with van der Waals surface area (Å²) in [5.41, 5.74) is 2.53. The van der Waals surface area contributed by atoms with E-state index in [4.69, 9.17) is 0 Å². The highest BCUT2D eigenvalue weighted by Gasteiger charge is 2.22. The van der Waals surface area contributed by atoms with E-state index in [-0.39, 0.29) is 5.82 Å². The average molecular weight is 322 g/mol. The number of aryl methyl sites for hydroxylation is 1. The molecule has 0 N–H and O–H groups in total. The minimum atomic E-state index is -0.160. The molecule has 2 heterocycles. The van der Waals surface area contributed by atoms with Crippen molar-refractivity contribution in [3.63, 3.8) is 0 Å². The molecule has 3 aromatic rings. The maximum absolute atomic E-state index is 13.3. The zero-order valence-corrected chi connectivity index (χ0v) is 13.9. The van der Waals surface area contributed by atoms with Crippen LogP contribution in [0.3, 0.4) is 0 Å². The summed E-state index contributed by atoms with van der Waals surface area (Å²) in [6.45, 7) is 4.45. The molecule has 24 heavy (non-hydrogen) atoms. The lowest BCUT2D eigenvalue weighted by Crippen LogP contribution is -2.20. The number of fused-ring (bicyclic) bond motifs is 1. The maximum Gasteiger partial charge on any atom is 0.123 e.